The van der Waals surface area contributed by atoms with Gasteiger partial charge in [0.15, 0.2) is 23.8 Å². The van der Waals surface area contributed by atoms with Crippen LogP contribution in [0.1, 0.15) is 17.4 Å². The van der Waals surface area contributed by atoms with E-state index in [1.807, 2.05) is 6.92 Å². The number of benzene rings is 2. The number of nitrogens with zero attached hydrogens (tertiary/aromatic N) is 1. The van der Waals surface area contributed by atoms with Gasteiger partial charge in [0, 0.05) is 23.2 Å². The van der Waals surface area contributed by atoms with Gasteiger partial charge < -0.3 is 29.0 Å². The molecule has 168 valence electrons. The number of carbonyl (C=O) groups excluding carboxylic acids is 2. The number of rotatable bonds is 9. The third-order valence-corrected chi connectivity index (χ3v) is 4.48. The van der Waals surface area contributed by atoms with Crippen LogP contribution >= 0.6 is 0 Å². The van der Waals surface area contributed by atoms with E-state index < -0.39 is 5.97 Å². The SMILES string of the molecule is CCOc1ccc(NC(=O)COc2cc(C(=O)OC)nc3cc(OC)c(OC)cc23)cc1. The molecule has 0 spiro atoms. The molecule has 32 heavy (non-hydrogen) atoms. The van der Waals surface area contributed by atoms with Gasteiger partial charge in [0.05, 0.1) is 33.5 Å². The summed E-state index contributed by atoms with van der Waals surface area (Å²) < 4.78 is 26.5. The molecule has 1 aromatic heterocycles. The maximum Gasteiger partial charge on any atom is 0.356 e. The lowest BCUT2D eigenvalue weighted by Gasteiger charge is -2.14. The van der Waals surface area contributed by atoms with Crippen LogP contribution in [0.25, 0.3) is 10.9 Å². The van der Waals surface area contributed by atoms with Crippen LogP contribution < -0.4 is 24.3 Å². The predicted octanol–water partition coefficient (Wildman–Crippen LogP) is 3.45. The first-order chi connectivity index (χ1) is 15.5. The van der Waals surface area contributed by atoms with E-state index in [9.17, 15) is 9.59 Å². The minimum atomic E-state index is -0.634. The Kier molecular flexibility index (Phi) is 7.33. The van der Waals surface area contributed by atoms with Crippen molar-refractivity contribution in [2.75, 3.05) is 39.9 Å². The molecule has 3 aromatic rings. The summed E-state index contributed by atoms with van der Waals surface area (Å²) in [5.74, 6) is 0.873. The van der Waals surface area contributed by atoms with Gasteiger partial charge in [-0.15, -0.1) is 0 Å². The number of pyridine rings is 1. The minimum Gasteiger partial charge on any atom is -0.494 e. The number of aromatic nitrogens is 1. The lowest BCUT2D eigenvalue weighted by atomic mass is 10.1. The number of amides is 1. The monoisotopic (exact) mass is 440 g/mol. The quantitative estimate of drug-likeness (QED) is 0.505. The van der Waals surface area contributed by atoms with Gasteiger partial charge >= 0.3 is 5.97 Å². The first kappa shape index (κ1) is 22.7. The van der Waals surface area contributed by atoms with Crippen LogP contribution in [0, 0.1) is 0 Å². The summed E-state index contributed by atoms with van der Waals surface area (Å²) in [5.41, 5.74) is 1.06. The summed E-state index contributed by atoms with van der Waals surface area (Å²) in [5, 5.41) is 3.29. The van der Waals surface area contributed by atoms with Crippen LogP contribution in [0.4, 0.5) is 5.69 Å². The van der Waals surface area contributed by atoms with Crippen LogP contribution in [0.3, 0.4) is 0 Å². The van der Waals surface area contributed by atoms with Crippen molar-refractivity contribution >= 4 is 28.5 Å². The van der Waals surface area contributed by atoms with E-state index in [0.29, 0.717) is 40.4 Å². The summed E-state index contributed by atoms with van der Waals surface area (Å²) in [7, 11) is 4.26. The number of carbonyl (C=O) groups is 2. The van der Waals surface area contributed by atoms with Crippen molar-refractivity contribution in [1.29, 1.82) is 0 Å². The normalized spacial score (nSPS) is 10.4. The number of nitrogens with one attached hydrogen (secondary N) is 1. The van der Waals surface area contributed by atoms with Gasteiger partial charge in [0.25, 0.3) is 5.91 Å². The molecule has 9 heteroatoms. The molecule has 0 bridgehead atoms. The standard InChI is InChI=1S/C23H24N2O7/c1-5-31-15-8-6-14(7-9-15)24-22(26)13-32-19-12-18(23(27)30-4)25-17-11-21(29-3)20(28-2)10-16(17)19/h6-12H,5,13H2,1-4H3,(H,24,26). The zero-order valence-electron chi connectivity index (χ0n) is 18.3. The summed E-state index contributed by atoms with van der Waals surface area (Å²) in [6.45, 7) is 2.16. The van der Waals surface area contributed by atoms with Crippen LogP contribution in [-0.2, 0) is 9.53 Å². The summed E-state index contributed by atoms with van der Waals surface area (Å²) in [6.07, 6.45) is 0. The van der Waals surface area contributed by atoms with E-state index in [1.54, 1.807) is 36.4 Å². The Morgan fingerprint density at radius 2 is 1.59 bits per heavy atom. The number of hydrogen-bond donors (Lipinski definition) is 1. The lowest BCUT2D eigenvalue weighted by Crippen LogP contribution is -2.20. The molecule has 1 N–H and O–H groups in total. The predicted molar refractivity (Wildman–Crippen MR) is 118 cm³/mol. The van der Waals surface area contributed by atoms with E-state index in [-0.39, 0.29) is 24.0 Å². The third-order valence-electron chi connectivity index (χ3n) is 4.48. The van der Waals surface area contributed by atoms with Crippen molar-refractivity contribution in [3.05, 3.63) is 48.2 Å². The van der Waals surface area contributed by atoms with E-state index in [1.165, 1.54) is 27.4 Å². The second-order valence-corrected chi connectivity index (χ2v) is 6.52. The molecule has 0 saturated heterocycles. The van der Waals surface area contributed by atoms with E-state index >= 15 is 0 Å². The largest absolute Gasteiger partial charge is 0.494 e. The molecule has 0 aliphatic carbocycles. The zero-order chi connectivity index (χ0) is 23.1. The van der Waals surface area contributed by atoms with Crippen LogP contribution in [0.15, 0.2) is 42.5 Å². The van der Waals surface area contributed by atoms with Crippen molar-refractivity contribution < 1.29 is 33.3 Å². The molecular formula is C23H24N2O7. The molecule has 3 rings (SSSR count). The highest BCUT2D eigenvalue weighted by Gasteiger charge is 2.17. The molecular weight excluding hydrogens is 416 g/mol. The first-order valence-electron chi connectivity index (χ1n) is 9.79. The molecule has 1 heterocycles. The van der Waals surface area contributed by atoms with Gasteiger partial charge in [-0.05, 0) is 37.3 Å². The number of ether oxygens (including phenoxy) is 5. The molecule has 9 nitrogen and oxygen atoms in total. The zero-order valence-corrected chi connectivity index (χ0v) is 18.3. The first-order valence-corrected chi connectivity index (χ1v) is 9.79. The van der Waals surface area contributed by atoms with E-state index in [4.69, 9.17) is 23.7 Å². The minimum absolute atomic E-state index is 0.0362. The Morgan fingerprint density at radius 3 is 2.22 bits per heavy atom. The fourth-order valence-corrected chi connectivity index (χ4v) is 2.99. The maximum absolute atomic E-state index is 12.4. The molecule has 0 aliphatic heterocycles. The Balaban J connectivity index is 1.84. The molecule has 0 aliphatic rings. The van der Waals surface area contributed by atoms with Gasteiger partial charge in [-0.2, -0.15) is 0 Å². The Bertz CT molecular complexity index is 1110. The van der Waals surface area contributed by atoms with Crippen molar-refractivity contribution in [2.45, 2.75) is 6.92 Å². The number of anilines is 1. The molecule has 2 aromatic carbocycles. The summed E-state index contributed by atoms with van der Waals surface area (Å²) in [6, 6.07) is 11.7. The highest BCUT2D eigenvalue weighted by Crippen LogP contribution is 2.36. The van der Waals surface area contributed by atoms with E-state index in [0.717, 1.165) is 0 Å². The molecule has 0 radical (unpaired) electrons. The summed E-state index contributed by atoms with van der Waals surface area (Å²) >= 11 is 0. The fourth-order valence-electron chi connectivity index (χ4n) is 2.99. The molecule has 0 unspecified atom stereocenters. The Hall–Kier alpha value is -4.01. The van der Waals surface area contributed by atoms with Crippen LogP contribution in [0.2, 0.25) is 0 Å². The second-order valence-electron chi connectivity index (χ2n) is 6.52. The molecule has 0 saturated carbocycles. The topological polar surface area (TPSA) is 105 Å². The van der Waals surface area contributed by atoms with Crippen LogP contribution in [0.5, 0.6) is 23.0 Å². The van der Waals surface area contributed by atoms with Gasteiger partial charge in [0.2, 0.25) is 0 Å². The number of hydrogen-bond acceptors (Lipinski definition) is 8. The molecule has 1 amide bonds. The van der Waals surface area contributed by atoms with Gasteiger partial charge in [0.1, 0.15) is 11.5 Å². The molecule has 0 atom stereocenters. The average Bonchev–Trinajstić information content (AvgIpc) is 2.82. The highest BCUT2D eigenvalue weighted by atomic mass is 16.5. The number of methoxy groups -OCH3 is 3. The van der Waals surface area contributed by atoms with E-state index in [2.05, 4.69) is 10.3 Å². The van der Waals surface area contributed by atoms with Crippen molar-refractivity contribution in [2.24, 2.45) is 0 Å². The Morgan fingerprint density at radius 1 is 0.906 bits per heavy atom. The third kappa shape index (κ3) is 5.18. The Labute approximate surface area is 185 Å². The second kappa shape index (κ2) is 10.3. The number of fused-ring (bicyclic) bond motifs is 1. The average molecular weight is 440 g/mol. The van der Waals surface area contributed by atoms with Gasteiger partial charge in [-0.25, -0.2) is 9.78 Å². The van der Waals surface area contributed by atoms with Crippen LogP contribution in [-0.4, -0.2) is 51.4 Å². The van der Waals surface area contributed by atoms with Crippen molar-refractivity contribution in [1.82, 2.24) is 4.98 Å². The summed E-state index contributed by atoms with van der Waals surface area (Å²) in [4.78, 5) is 28.8. The number of esters is 1. The van der Waals surface area contributed by atoms with Gasteiger partial charge in [-0.3, -0.25) is 4.79 Å². The lowest BCUT2D eigenvalue weighted by molar-refractivity contribution is -0.118. The smallest absolute Gasteiger partial charge is 0.356 e. The fraction of sp³-hybridized carbons (Fsp3) is 0.261. The van der Waals surface area contributed by atoms with Gasteiger partial charge in [-0.1, -0.05) is 0 Å². The maximum atomic E-state index is 12.4. The van der Waals surface area contributed by atoms with Crippen molar-refractivity contribution in [3.63, 3.8) is 0 Å². The van der Waals surface area contributed by atoms with Crippen molar-refractivity contribution in [3.8, 4) is 23.0 Å². The molecule has 0 fully saturated rings. The highest BCUT2D eigenvalue weighted by molar-refractivity contribution is 5.96.